The summed E-state index contributed by atoms with van der Waals surface area (Å²) in [6.07, 6.45) is -2.79. The predicted octanol–water partition coefficient (Wildman–Crippen LogP) is 4.41. The maximum atomic E-state index is 12.8. The molecule has 108 valence electrons. The van der Waals surface area contributed by atoms with Crippen molar-refractivity contribution < 1.29 is 13.2 Å². The number of hydrogen-bond donors (Lipinski definition) is 1. The van der Waals surface area contributed by atoms with Crippen molar-refractivity contribution in [1.82, 2.24) is 14.5 Å². The zero-order chi connectivity index (χ0) is 15.2. The molecule has 0 aliphatic rings. The molecule has 1 aromatic carbocycles. The third-order valence-electron chi connectivity index (χ3n) is 3.22. The summed E-state index contributed by atoms with van der Waals surface area (Å²) in [5.74, 6) is 0. The third kappa shape index (κ3) is 2.33. The summed E-state index contributed by atoms with van der Waals surface area (Å²) < 4.78 is 40.3. The average molecular weight is 309 g/mol. The fourth-order valence-corrected chi connectivity index (χ4v) is 2.48. The number of nitrogens with zero attached hydrogens (tertiary/aromatic N) is 2. The van der Waals surface area contributed by atoms with Gasteiger partial charge in [-0.15, -0.1) is 0 Å². The number of alkyl halides is 3. The van der Waals surface area contributed by atoms with E-state index in [0.29, 0.717) is 16.1 Å². The van der Waals surface area contributed by atoms with Crippen LogP contribution in [0.1, 0.15) is 11.1 Å². The second-order valence-corrected chi connectivity index (χ2v) is 5.03. The Morgan fingerprint density at radius 2 is 2.00 bits per heavy atom. The summed E-state index contributed by atoms with van der Waals surface area (Å²) in [7, 11) is 0. The van der Waals surface area contributed by atoms with Crippen molar-refractivity contribution in [2.45, 2.75) is 13.1 Å². The molecule has 3 rings (SSSR count). The molecule has 0 aliphatic carbocycles. The Balaban J connectivity index is 2.29. The molecule has 3 aromatic rings. The second kappa shape index (κ2) is 4.70. The highest BCUT2D eigenvalue weighted by atomic mass is 32.1. The van der Waals surface area contributed by atoms with E-state index in [9.17, 15) is 13.2 Å². The number of aromatic nitrogens is 3. The van der Waals surface area contributed by atoms with Gasteiger partial charge in [0.05, 0.1) is 16.8 Å². The van der Waals surface area contributed by atoms with Crippen LogP contribution in [0.25, 0.3) is 16.9 Å². The number of pyridine rings is 1. The molecule has 0 unspecified atom stereocenters. The van der Waals surface area contributed by atoms with Crippen molar-refractivity contribution in [2.24, 2.45) is 0 Å². The average Bonchev–Trinajstić information content (AvgIpc) is 2.76. The Labute approximate surface area is 123 Å². The first kappa shape index (κ1) is 13.8. The van der Waals surface area contributed by atoms with Crippen LogP contribution in [-0.2, 0) is 6.18 Å². The summed E-state index contributed by atoms with van der Waals surface area (Å²) in [5.41, 5.74) is 1.78. The molecular weight excluding hydrogens is 299 g/mol. The topological polar surface area (TPSA) is 33.6 Å². The Bertz CT molecular complexity index is 877. The number of rotatable bonds is 1. The minimum Gasteiger partial charge on any atom is -0.329 e. The van der Waals surface area contributed by atoms with Gasteiger partial charge in [-0.3, -0.25) is 4.57 Å². The van der Waals surface area contributed by atoms with E-state index in [4.69, 9.17) is 12.2 Å². The molecule has 2 aromatic heterocycles. The third-order valence-corrected chi connectivity index (χ3v) is 3.50. The lowest BCUT2D eigenvalue weighted by Gasteiger charge is -2.09. The van der Waals surface area contributed by atoms with Crippen LogP contribution in [0.15, 0.2) is 36.5 Å². The van der Waals surface area contributed by atoms with Crippen LogP contribution < -0.4 is 0 Å². The number of benzene rings is 1. The van der Waals surface area contributed by atoms with E-state index in [1.807, 2.05) is 13.0 Å². The van der Waals surface area contributed by atoms with Gasteiger partial charge in [0.15, 0.2) is 10.4 Å². The SMILES string of the molecule is Cc1ccnc2c1[nH]c(=S)n2-c1cccc(C(F)(F)F)c1. The van der Waals surface area contributed by atoms with Crippen molar-refractivity contribution >= 4 is 23.4 Å². The lowest BCUT2D eigenvalue weighted by atomic mass is 10.2. The van der Waals surface area contributed by atoms with Crippen LogP contribution in [0.4, 0.5) is 13.2 Å². The summed E-state index contributed by atoms with van der Waals surface area (Å²) in [6, 6.07) is 6.83. The minimum atomic E-state index is -4.40. The molecular formula is C14H10F3N3S. The maximum Gasteiger partial charge on any atom is 0.416 e. The molecule has 0 radical (unpaired) electrons. The molecule has 0 atom stereocenters. The van der Waals surface area contributed by atoms with Crippen molar-refractivity contribution in [2.75, 3.05) is 0 Å². The van der Waals surface area contributed by atoms with Crippen molar-refractivity contribution in [1.29, 1.82) is 0 Å². The fourth-order valence-electron chi connectivity index (χ4n) is 2.19. The molecule has 0 bridgehead atoms. The molecule has 21 heavy (non-hydrogen) atoms. The van der Waals surface area contributed by atoms with Gasteiger partial charge in [-0.05, 0) is 49.0 Å². The van der Waals surface area contributed by atoms with Crippen LogP contribution in [0.5, 0.6) is 0 Å². The van der Waals surface area contributed by atoms with Crippen molar-refractivity contribution in [3.8, 4) is 5.69 Å². The summed E-state index contributed by atoms with van der Waals surface area (Å²) >= 11 is 5.22. The number of hydrogen-bond acceptors (Lipinski definition) is 2. The predicted molar refractivity (Wildman–Crippen MR) is 76.0 cm³/mol. The molecule has 0 saturated heterocycles. The van der Waals surface area contributed by atoms with Crippen LogP contribution in [-0.4, -0.2) is 14.5 Å². The maximum absolute atomic E-state index is 12.8. The normalized spacial score (nSPS) is 12.0. The van der Waals surface area contributed by atoms with Gasteiger partial charge in [0.2, 0.25) is 0 Å². The first-order valence-electron chi connectivity index (χ1n) is 6.12. The van der Waals surface area contributed by atoms with Crippen LogP contribution >= 0.6 is 12.2 Å². The Morgan fingerprint density at radius 1 is 1.24 bits per heavy atom. The zero-order valence-electron chi connectivity index (χ0n) is 10.9. The largest absolute Gasteiger partial charge is 0.416 e. The molecule has 0 saturated carbocycles. The van der Waals surface area contributed by atoms with E-state index in [-0.39, 0.29) is 0 Å². The molecule has 7 heteroatoms. The summed E-state index contributed by atoms with van der Waals surface area (Å²) in [5, 5.41) is 0. The molecule has 0 aliphatic heterocycles. The van der Waals surface area contributed by atoms with E-state index >= 15 is 0 Å². The lowest BCUT2D eigenvalue weighted by molar-refractivity contribution is -0.137. The van der Waals surface area contributed by atoms with Crippen LogP contribution in [0.2, 0.25) is 0 Å². The number of halogens is 3. The molecule has 1 N–H and O–H groups in total. The number of aromatic amines is 1. The molecule has 3 nitrogen and oxygen atoms in total. The lowest BCUT2D eigenvalue weighted by Crippen LogP contribution is -2.06. The van der Waals surface area contributed by atoms with Crippen molar-refractivity contribution in [3.63, 3.8) is 0 Å². The number of nitrogens with one attached hydrogen (secondary N) is 1. The molecule has 0 amide bonds. The second-order valence-electron chi connectivity index (χ2n) is 4.64. The summed E-state index contributed by atoms with van der Waals surface area (Å²) in [6.45, 7) is 1.88. The minimum absolute atomic E-state index is 0.311. The standard InChI is InChI=1S/C14H10F3N3S/c1-8-5-6-18-12-11(8)19-13(21)20(12)10-4-2-3-9(7-10)14(15,16)17/h2-7H,1H3,(H,19,21). The Hall–Kier alpha value is -2.15. The van der Waals surface area contributed by atoms with E-state index in [2.05, 4.69) is 9.97 Å². The smallest absolute Gasteiger partial charge is 0.329 e. The van der Waals surface area contributed by atoms with E-state index < -0.39 is 11.7 Å². The Kier molecular flexibility index (Phi) is 3.09. The first-order chi connectivity index (χ1) is 9.88. The van der Waals surface area contributed by atoms with Gasteiger partial charge in [0, 0.05) is 6.20 Å². The number of imidazole rings is 1. The van der Waals surface area contributed by atoms with E-state index in [1.54, 1.807) is 12.3 Å². The summed E-state index contributed by atoms with van der Waals surface area (Å²) in [4.78, 5) is 7.20. The monoisotopic (exact) mass is 309 g/mol. The highest BCUT2D eigenvalue weighted by molar-refractivity contribution is 7.71. The Morgan fingerprint density at radius 3 is 2.71 bits per heavy atom. The molecule has 0 fully saturated rings. The van der Waals surface area contributed by atoms with Gasteiger partial charge >= 0.3 is 6.18 Å². The molecule has 2 heterocycles. The molecule has 0 spiro atoms. The quantitative estimate of drug-likeness (QED) is 0.676. The van der Waals surface area contributed by atoms with Gasteiger partial charge in [0.25, 0.3) is 0 Å². The van der Waals surface area contributed by atoms with Crippen molar-refractivity contribution in [3.05, 3.63) is 52.4 Å². The highest BCUT2D eigenvalue weighted by Crippen LogP contribution is 2.31. The first-order valence-corrected chi connectivity index (χ1v) is 6.53. The number of aryl methyl sites for hydroxylation is 1. The van der Waals surface area contributed by atoms with Gasteiger partial charge in [-0.1, -0.05) is 6.07 Å². The van der Waals surface area contributed by atoms with E-state index in [0.717, 1.165) is 23.2 Å². The highest BCUT2D eigenvalue weighted by Gasteiger charge is 2.30. The zero-order valence-corrected chi connectivity index (χ0v) is 11.7. The van der Waals surface area contributed by atoms with E-state index in [1.165, 1.54) is 10.6 Å². The van der Waals surface area contributed by atoms with Crippen LogP contribution in [0, 0.1) is 11.7 Å². The number of H-pyrrole nitrogens is 1. The fraction of sp³-hybridized carbons (Fsp3) is 0.143. The van der Waals surface area contributed by atoms with Gasteiger partial charge in [-0.2, -0.15) is 13.2 Å². The van der Waals surface area contributed by atoms with Crippen LogP contribution in [0.3, 0.4) is 0 Å². The van der Waals surface area contributed by atoms with Gasteiger partial charge < -0.3 is 4.98 Å². The van der Waals surface area contributed by atoms with Gasteiger partial charge in [0.1, 0.15) is 0 Å². The van der Waals surface area contributed by atoms with Gasteiger partial charge in [-0.25, -0.2) is 4.98 Å². The number of fused-ring (bicyclic) bond motifs is 1.